The van der Waals surface area contributed by atoms with Gasteiger partial charge in [0.15, 0.2) is 0 Å². The van der Waals surface area contributed by atoms with Crippen molar-refractivity contribution >= 4 is 0 Å². The number of aryl methyl sites for hydroxylation is 2. The number of allylic oxidation sites excluding steroid dienone is 1. The summed E-state index contributed by atoms with van der Waals surface area (Å²) < 4.78 is 0. The summed E-state index contributed by atoms with van der Waals surface area (Å²) in [6.45, 7) is 12.9. The highest BCUT2D eigenvalue weighted by Crippen LogP contribution is 2.30. The number of benzene rings is 1. The first kappa shape index (κ1) is 12.0. The molecule has 0 aliphatic heterocycles. The van der Waals surface area contributed by atoms with Gasteiger partial charge in [0.1, 0.15) is 0 Å². The molecule has 1 aromatic rings. The second-order valence-corrected chi connectivity index (χ2v) is 5.15. The third-order valence-corrected chi connectivity index (χ3v) is 3.28. The first-order chi connectivity index (χ1) is 6.92. The lowest BCUT2D eigenvalue weighted by atomic mass is 9.80. The maximum Gasteiger partial charge on any atom is -0.0147 e. The topological polar surface area (TPSA) is 0 Å². The van der Waals surface area contributed by atoms with E-state index < -0.39 is 0 Å². The van der Waals surface area contributed by atoms with Crippen LogP contribution in [0.1, 0.15) is 38.3 Å². The van der Waals surface area contributed by atoms with E-state index in [9.17, 15) is 0 Å². The fourth-order valence-electron chi connectivity index (χ4n) is 1.54. The van der Waals surface area contributed by atoms with Crippen LogP contribution in [0.2, 0.25) is 0 Å². The molecule has 0 fully saturated rings. The van der Waals surface area contributed by atoms with E-state index >= 15 is 0 Å². The molecule has 0 amide bonds. The van der Waals surface area contributed by atoms with Gasteiger partial charge in [0.25, 0.3) is 0 Å². The van der Waals surface area contributed by atoms with Crippen LogP contribution >= 0.6 is 0 Å². The summed E-state index contributed by atoms with van der Waals surface area (Å²) >= 11 is 0. The van der Waals surface area contributed by atoms with E-state index in [1.54, 1.807) is 0 Å². The van der Waals surface area contributed by atoms with Crippen LogP contribution in [0.25, 0.3) is 0 Å². The summed E-state index contributed by atoms with van der Waals surface area (Å²) in [5, 5.41) is 0. The minimum Gasteiger partial charge on any atom is -0.0996 e. The van der Waals surface area contributed by atoms with Crippen LogP contribution in [0.5, 0.6) is 0 Å². The van der Waals surface area contributed by atoms with Gasteiger partial charge in [-0.2, -0.15) is 0 Å². The quantitative estimate of drug-likeness (QED) is 0.629. The Kier molecular flexibility index (Phi) is 3.73. The molecule has 0 aliphatic rings. The Morgan fingerprint density at radius 3 is 2.53 bits per heavy atom. The first-order valence-corrected chi connectivity index (χ1v) is 5.63. The van der Waals surface area contributed by atoms with Crippen LogP contribution in [-0.2, 0) is 6.42 Å². The van der Waals surface area contributed by atoms with E-state index in [4.69, 9.17) is 0 Å². The van der Waals surface area contributed by atoms with E-state index in [1.807, 2.05) is 0 Å². The maximum atomic E-state index is 4.06. The van der Waals surface area contributed by atoms with Crippen molar-refractivity contribution in [1.29, 1.82) is 0 Å². The van der Waals surface area contributed by atoms with E-state index in [0.717, 1.165) is 6.42 Å². The number of hydrogen-bond donors (Lipinski definition) is 0. The van der Waals surface area contributed by atoms with Crippen LogP contribution in [0.4, 0.5) is 0 Å². The Morgan fingerprint density at radius 2 is 2.00 bits per heavy atom. The molecule has 15 heavy (non-hydrogen) atoms. The molecule has 0 radical (unpaired) electrons. The monoisotopic (exact) mass is 202 g/mol. The SMILES string of the molecule is C=C(C)C(C)(C)CCc1cccc(C)c1. The molecular weight excluding hydrogens is 180 g/mol. The molecule has 0 aliphatic carbocycles. The summed E-state index contributed by atoms with van der Waals surface area (Å²) in [5.74, 6) is 0. The van der Waals surface area contributed by atoms with Gasteiger partial charge in [-0.25, -0.2) is 0 Å². The Balaban J connectivity index is 2.61. The van der Waals surface area contributed by atoms with E-state index in [0.29, 0.717) is 0 Å². The molecule has 1 aromatic carbocycles. The number of hydrogen-bond acceptors (Lipinski definition) is 0. The van der Waals surface area contributed by atoms with Gasteiger partial charge in [0.2, 0.25) is 0 Å². The van der Waals surface area contributed by atoms with Gasteiger partial charge in [-0.15, -0.1) is 0 Å². The van der Waals surface area contributed by atoms with Crippen LogP contribution in [0.15, 0.2) is 36.4 Å². The summed E-state index contributed by atoms with van der Waals surface area (Å²) in [6, 6.07) is 8.77. The standard InChI is InChI=1S/C15H22/c1-12(2)15(4,5)10-9-14-8-6-7-13(3)11-14/h6-8,11H,1,9-10H2,2-5H3. The average Bonchev–Trinajstić information content (AvgIpc) is 2.15. The van der Waals surface area contributed by atoms with Crippen LogP contribution in [0, 0.1) is 12.3 Å². The Hall–Kier alpha value is -1.04. The van der Waals surface area contributed by atoms with Crippen molar-refractivity contribution in [3.05, 3.63) is 47.5 Å². The first-order valence-electron chi connectivity index (χ1n) is 5.63. The number of rotatable bonds is 4. The largest absolute Gasteiger partial charge is 0.0996 e. The molecule has 0 aromatic heterocycles. The molecule has 0 spiro atoms. The fraction of sp³-hybridized carbons (Fsp3) is 0.467. The lowest BCUT2D eigenvalue weighted by Gasteiger charge is -2.25. The van der Waals surface area contributed by atoms with E-state index in [2.05, 4.69) is 58.5 Å². The highest BCUT2D eigenvalue weighted by atomic mass is 14.2. The third kappa shape index (κ3) is 3.54. The van der Waals surface area contributed by atoms with Gasteiger partial charge in [-0.3, -0.25) is 0 Å². The smallest absolute Gasteiger partial charge is 0.0147 e. The zero-order chi connectivity index (χ0) is 11.5. The van der Waals surface area contributed by atoms with Gasteiger partial charge in [0, 0.05) is 0 Å². The van der Waals surface area contributed by atoms with Crippen molar-refractivity contribution < 1.29 is 0 Å². The summed E-state index contributed by atoms with van der Waals surface area (Å²) in [4.78, 5) is 0. The highest BCUT2D eigenvalue weighted by molar-refractivity contribution is 5.22. The molecule has 0 heterocycles. The molecule has 0 heteroatoms. The predicted molar refractivity (Wildman–Crippen MR) is 68.1 cm³/mol. The van der Waals surface area contributed by atoms with Gasteiger partial charge in [0.05, 0.1) is 0 Å². The molecule has 0 N–H and O–H groups in total. The predicted octanol–water partition coefficient (Wildman–Crippen LogP) is 4.53. The lowest BCUT2D eigenvalue weighted by molar-refractivity contribution is 0.409. The van der Waals surface area contributed by atoms with Gasteiger partial charge >= 0.3 is 0 Å². The second kappa shape index (κ2) is 4.65. The summed E-state index contributed by atoms with van der Waals surface area (Å²) in [7, 11) is 0. The van der Waals surface area contributed by atoms with E-state index in [-0.39, 0.29) is 5.41 Å². The molecule has 0 bridgehead atoms. The van der Waals surface area contributed by atoms with Crippen LogP contribution < -0.4 is 0 Å². The molecule has 0 atom stereocenters. The van der Waals surface area contributed by atoms with Crippen molar-refractivity contribution in [3.8, 4) is 0 Å². The van der Waals surface area contributed by atoms with E-state index in [1.165, 1.54) is 23.1 Å². The fourth-order valence-corrected chi connectivity index (χ4v) is 1.54. The van der Waals surface area contributed by atoms with Crippen LogP contribution in [0.3, 0.4) is 0 Å². The van der Waals surface area contributed by atoms with Crippen molar-refractivity contribution in [2.24, 2.45) is 5.41 Å². The minimum atomic E-state index is 0.254. The molecule has 0 unspecified atom stereocenters. The lowest BCUT2D eigenvalue weighted by Crippen LogP contribution is -2.13. The Bertz CT molecular complexity index is 345. The van der Waals surface area contributed by atoms with Crippen molar-refractivity contribution in [2.75, 3.05) is 0 Å². The van der Waals surface area contributed by atoms with Gasteiger partial charge in [-0.1, -0.05) is 55.8 Å². The van der Waals surface area contributed by atoms with Crippen molar-refractivity contribution in [2.45, 2.75) is 40.5 Å². The molecule has 0 saturated heterocycles. The minimum absolute atomic E-state index is 0.254. The van der Waals surface area contributed by atoms with Gasteiger partial charge in [-0.05, 0) is 37.7 Å². The molecule has 1 rings (SSSR count). The average molecular weight is 202 g/mol. The normalized spacial score (nSPS) is 11.5. The summed E-state index contributed by atoms with van der Waals surface area (Å²) in [6.07, 6.45) is 2.31. The zero-order valence-corrected chi connectivity index (χ0v) is 10.4. The molecule has 82 valence electrons. The van der Waals surface area contributed by atoms with Gasteiger partial charge < -0.3 is 0 Å². The molecular formula is C15H22. The Morgan fingerprint density at radius 1 is 1.33 bits per heavy atom. The highest BCUT2D eigenvalue weighted by Gasteiger charge is 2.17. The Labute approximate surface area is 94.0 Å². The second-order valence-electron chi connectivity index (χ2n) is 5.15. The third-order valence-electron chi connectivity index (χ3n) is 3.28. The van der Waals surface area contributed by atoms with Crippen molar-refractivity contribution in [3.63, 3.8) is 0 Å². The summed E-state index contributed by atoms with van der Waals surface area (Å²) in [5.41, 5.74) is 4.31. The molecule has 0 saturated carbocycles. The zero-order valence-electron chi connectivity index (χ0n) is 10.4. The maximum absolute atomic E-state index is 4.06. The molecule has 0 nitrogen and oxygen atoms in total. The van der Waals surface area contributed by atoms with Crippen molar-refractivity contribution in [1.82, 2.24) is 0 Å². The van der Waals surface area contributed by atoms with Crippen LogP contribution in [-0.4, -0.2) is 0 Å².